The lowest BCUT2D eigenvalue weighted by Crippen LogP contribution is -2.51. The molecule has 0 bridgehead atoms. The largest absolute Gasteiger partial charge is 0.486 e. The van der Waals surface area contributed by atoms with Gasteiger partial charge in [-0.25, -0.2) is 5.14 Å². The first-order chi connectivity index (χ1) is 14.4. The van der Waals surface area contributed by atoms with Gasteiger partial charge in [-0.15, -0.1) is 0 Å². The van der Waals surface area contributed by atoms with Crippen LogP contribution in [-0.2, 0) is 27.0 Å². The Labute approximate surface area is 177 Å². The smallest absolute Gasteiger partial charge is 0.276 e. The van der Waals surface area contributed by atoms with Crippen molar-refractivity contribution in [3.05, 3.63) is 23.3 Å². The van der Waals surface area contributed by atoms with Crippen molar-refractivity contribution in [2.45, 2.75) is 50.5 Å². The van der Waals surface area contributed by atoms with Crippen LogP contribution >= 0.6 is 0 Å². The second kappa shape index (κ2) is 7.39. The number of rotatable bonds is 2. The molecule has 1 aromatic rings. The van der Waals surface area contributed by atoms with E-state index in [-0.39, 0.29) is 17.2 Å². The summed E-state index contributed by atoms with van der Waals surface area (Å²) in [6.45, 7) is 3.03. The summed E-state index contributed by atoms with van der Waals surface area (Å²) in [5, 5.41) is 5.24. The zero-order chi connectivity index (χ0) is 20.9. The lowest BCUT2D eigenvalue weighted by molar-refractivity contribution is -0.139. The predicted octanol–water partition coefficient (Wildman–Crippen LogP) is 1.53. The van der Waals surface area contributed by atoms with Crippen LogP contribution in [0.25, 0.3) is 0 Å². The molecule has 3 heterocycles. The van der Waals surface area contributed by atoms with E-state index in [0.717, 1.165) is 36.4 Å². The summed E-state index contributed by atoms with van der Waals surface area (Å²) >= 11 is 0. The summed E-state index contributed by atoms with van der Waals surface area (Å²) in [6, 6.07) is 4.22. The maximum absolute atomic E-state index is 13.4. The van der Waals surface area contributed by atoms with Gasteiger partial charge in [-0.1, -0.05) is 12.8 Å². The van der Waals surface area contributed by atoms with Crippen molar-refractivity contribution in [3.8, 4) is 11.5 Å². The fourth-order valence-corrected chi connectivity index (χ4v) is 6.44. The third-order valence-electron chi connectivity index (χ3n) is 7.23. The number of carbonyl (C=O) groups excluding carboxylic acids is 1. The molecule has 2 fully saturated rings. The van der Waals surface area contributed by atoms with E-state index in [1.54, 1.807) is 0 Å². The number of amides is 1. The molecular formula is C21H29N3O5S. The summed E-state index contributed by atoms with van der Waals surface area (Å²) in [4.78, 5) is 15.4. The van der Waals surface area contributed by atoms with E-state index in [0.29, 0.717) is 45.7 Å². The molecule has 0 radical (unpaired) electrons. The van der Waals surface area contributed by atoms with Crippen LogP contribution < -0.4 is 14.6 Å². The van der Waals surface area contributed by atoms with Crippen LogP contribution in [0.4, 0.5) is 0 Å². The van der Waals surface area contributed by atoms with Gasteiger partial charge in [-0.2, -0.15) is 12.7 Å². The molecule has 0 aromatic heterocycles. The molecule has 9 heteroatoms. The van der Waals surface area contributed by atoms with Crippen LogP contribution in [-0.4, -0.2) is 56.4 Å². The second-order valence-corrected chi connectivity index (χ2v) is 10.6. The Morgan fingerprint density at radius 3 is 2.33 bits per heavy atom. The fraction of sp³-hybridized carbons (Fsp3) is 0.667. The van der Waals surface area contributed by atoms with Gasteiger partial charge >= 0.3 is 0 Å². The third-order valence-corrected chi connectivity index (χ3v) is 8.31. The minimum absolute atomic E-state index is 0.0135. The standard InChI is InChI=1S/C21H29N3O5S/c22-30(26,27)24-7-3-15(4-8-24)20(25)23-13-16-11-18-19(29-10-9-28-18)12-17(16)21(14-23)5-1-2-6-21/h11-12,15H,1-10,13-14H2,(H2,22,26,27). The molecule has 1 saturated heterocycles. The average Bonchev–Trinajstić information content (AvgIpc) is 3.20. The number of piperidine rings is 1. The number of nitrogens with zero attached hydrogens (tertiary/aromatic N) is 2. The molecule has 1 aromatic carbocycles. The number of nitrogens with two attached hydrogens (primary N) is 1. The van der Waals surface area contributed by atoms with E-state index < -0.39 is 10.2 Å². The molecule has 1 amide bonds. The van der Waals surface area contributed by atoms with Crippen LogP contribution in [0.3, 0.4) is 0 Å². The van der Waals surface area contributed by atoms with Gasteiger partial charge in [0.05, 0.1) is 0 Å². The molecular weight excluding hydrogens is 406 g/mol. The van der Waals surface area contributed by atoms with Gasteiger partial charge in [0.2, 0.25) is 5.91 Å². The molecule has 8 nitrogen and oxygen atoms in total. The number of hydrogen-bond acceptors (Lipinski definition) is 5. The van der Waals surface area contributed by atoms with Gasteiger partial charge in [0, 0.05) is 37.5 Å². The Balaban J connectivity index is 1.40. The number of benzene rings is 1. The molecule has 5 rings (SSSR count). The molecule has 164 valence electrons. The lowest BCUT2D eigenvalue weighted by atomic mass is 9.73. The van der Waals surface area contributed by atoms with E-state index in [1.807, 2.05) is 4.90 Å². The van der Waals surface area contributed by atoms with Crippen LogP contribution in [0.5, 0.6) is 11.5 Å². The summed E-state index contributed by atoms with van der Waals surface area (Å²) in [5.74, 6) is 1.57. The Bertz CT molecular complexity index is 950. The van der Waals surface area contributed by atoms with E-state index in [1.165, 1.54) is 22.7 Å². The van der Waals surface area contributed by atoms with Gasteiger partial charge in [-0.3, -0.25) is 4.79 Å². The van der Waals surface area contributed by atoms with Crippen molar-refractivity contribution in [2.75, 3.05) is 32.8 Å². The van der Waals surface area contributed by atoms with Gasteiger partial charge in [0.25, 0.3) is 10.2 Å². The fourth-order valence-electron chi connectivity index (χ4n) is 5.72. The Hall–Kier alpha value is -1.84. The molecule has 0 unspecified atom stereocenters. The van der Waals surface area contributed by atoms with E-state index in [9.17, 15) is 13.2 Å². The monoisotopic (exact) mass is 435 g/mol. The molecule has 3 aliphatic heterocycles. The van der Waals surface area contributed by atoms with Crippen molar-refractivity contribution in [3.63, 3.8) is 0 Å². The quantitative estimate of drug-likeness (QED) is 0.759. The second-order valence-electron chi connectivity index (χ2n) is 9.05. The van der Waals surface area contributed by atoms with Gasteiger partial charge in [0.1, 0.15) is 13.2 Å². The highest BCUT2D eigenvalue weighted by Crippen LogP contribution is 2.49. The van der Waals surface area contributed by atoms with Crippen molar-refractivity contribution < 1.29 is 22.7 Å². The number of hydrogen-bond donors (Lipinski definition) is 1. The van der Waals surface area contributed by atoms with Crippen molar-refractivity contribution in [1.29, 1.82) is 0 Å². The maximum atomic E-state index is 13.4. The van der Waals surface area contributed by atoms with Crippen LogP contribution in [0.1, 0.15) is 49.7 Å². The van der Waals surface area contributed by atoms with Crippen LogP contribution in [0, 0.1) is 5.92 Å². The Morgan fingerprint density at radius 1 is 1.07 bits per heavy atom. The number of fused-ring (bicyclic) bond motifs is 3. The first-order valence-electron chi connectivity index (χ1n) is 10.9. The normalized spacial score (nSPS) is 24.1. The summed E-state index contributed by atoms with van der Waals surface area (Å²) in [5.41, 5.74) is 2.46. The van der Waals surface area contributed by atoms with E-state index in [2.05, 4.69) is 12.1 Å². The highest BCUT2D eigenvalue weighted by Gasteiger charge is 2.45. The van der Waals surface area contributed by atoms with E-state index in [4.69, 9.17) is 14.6 Å². The maximum Gasteiger partial charge on any atom is 0.276 e. The van der Waals surface area contributed by atoms with Gasteiger partial charge < -0.3 is 14.4 Å². The number of carbonyl (C=O) groups is 1. The van der Waals surface area contributed by atoms with Crippen LogP contribution in [0.15, 0.2) is 12.1 Å². The molecule has 1 aliphatic carbocycles. The molecule has 1 saturated carbocycles. The van der Waals surface area contributed by atoms with Crippen molar-refractivity contribution in [2.24, 2.45) is 11.1 Å². The van der Waals surface area contributed by atoms with Crippen molar-refractivity contribution in [1.82, 2.24) is 9.21 Å². The Morgan fingerprint density at radius 2 is 1.70 bits per heavy atom. The van der Waals surface area contributed by atoms with Gasteiger partial charge in [0.15, 0.2) is 11.5 Å². The van der Waals surface area contributed by atoms with E-state index >= 15 is 0 Å². The highest BCUT2D eigenvalue weighted by molar-refractivity contribution is 7.86. The van der Waals surface area contributed by atoms with Crippen molar-refractivity contribution >= 4 is 16.1 Å². The first-order valence-corrected chi connectivity index (χ1v) is 12.4. The minimum atomic E-state index is -3.68. The summed E-state index contributed by atoms with van der Waals surface area (Å²) in [6.07, 6.45) is 5.53. The molecule has 4 aliphatic rings. The average molecular weight is 436 g/mol. The Kier molecular flexibility index (Phi) is 4.95. The third kappa shape index (κ3) is 3.46. The first kappa shape index (κ1) is 20.1. The molecule has 2 N–H and O–H groups in total. The van der Waals surface area contributed by atoms with Gasteiger partial charge in [-0.05, 0) is 48.9 Å². The zero-order valence-electron chi connectivity index (χ0n) is 17.1. The molecule has 30 heavy (non-hydrogen) atoms. The molecule has 1 spiro atoms. The minimum Gasteiger partial charge on any atom is -0.486 e. The summed E-state index contributed by atoms with van der Waals surface area (Å²) < 4.78 is 36.0. The lowest BCUT2D eigenvalue weighted by Gasteiger charge is -2.44. The highest BCUT2D eigenvalue weighted by atomic mass is 32.2. The van der Waals surface area contributed by atoms with Crippen LogP contribution in [0.2, 0.25) is 0 Å². The number of ether oxygens (including phenoxy) is 2. The predicted molar refractivity (Wildman–Crippen MR) is 110 cm³/mol. The SMILES string of the molecule is NS(=O)(=O)N1CCC(C(=O)N2Cc3cc4c(cc3C3(CCCC3)C2)OCCO4)CC1. The molecule has 0 atom stereocenters. The summed E-state index contributed by atoms with van der Waals surface area (Å²) in [7, 11) is -3.68. The topological polar surface area (TPSA) is 102 Å². The zero-order valence-corrected chi connectivity index (χ0v) is 18.0.